The Morgan fingerprint density at radius 2 is 1.84 bits per heavy atom. The number of nitrogens with one attached hydrogen (secondary N) is 1. The first-order valence-corrected chi connectivity index (χ1v) is 10.4. The van der Waals surface area contributed by atoms with Gasteiger partial charge in [-0.25, -0.2) is 5.43 Å². The van der Waals surface area contributed by atoms with Crippen LogP contribution in [0.2, 0.25) is 0 Å². The van der Waals surface area contributed by atoms with Gasteiger partial charge in [-0.15, -0.1) is 0 Å². The number of rotatable bonds is 6. The lowest BCUT2D eigenvalue weighted by atomic mass is 10.1. The van der Waals surface area contributed by atoms with E-state index in [4.69, 9.17) is 4.74 Å². The molecule has 0 bridgehead atoms. The number of ether oxygens (including phenoxy) is 1. The second kappa shape index (κ2) is 9.97. The summed E-state index contributed by atoms with van der Waals surface area (Å²) in [6.07, 6.45) is 8.50. The highest BCUT2D eigenvalue weighted by molar-refractivity contribution is 5.94. The van der Waals surface area contributed by atoms with Gasteiger partial charge in [-0.1, -0.05) is 0 Å². The molecule has 2 aliphatic rings. The van der Waals surface area contributed by atoms with Crippen molar-refractivity contribution in [1.29, 1.82) is 0 Å². The zero-order chi connectivity index (χ0) is 22.3. The molecule has 2 heterocycles. The van der Waals surface area contributed by atoms with E-state index < -0.39 is 4.92 Å². The Morgan fingerprint density at radius 3 is 2.53 bits per heavy atom. The number of morpholine rings is 1. The van der Waals surface area contributed by atoms with Gasteiger partial charge in [-0.3, -0.25) is 19.9 Å². The zero-order valence-corrected chi connectivity index (χ0v) is 17.4. The average Bonchev–Trinajstić information content (AvgIpc) is 3.22. The van der Waals surface area contributed by atoms with Crippen LogP contribution in [0.4, 0.5) is 5.69 Å². The monoisotopic (exact) mass is 433 g/mol. The lowest BCUT2D eigenvalue weighted by Crippen LogP contribution is -2.36. The SMILES string of the molecule is O=C(N/N=C/C1=C(N2CCOCC2)C(=C/c2ccc([N+](=O)[O-])cc2)/CC1)c1ccncc1. The van der Waals surface area contributed by atoms with Crippen LogP contribution < -0.4 is 5.43 Å². The molecule has 1 aliphatic carbocycles. The molecular weight excluding hydrogens is 410 g/mol. The number of nitro groups is 1. The number of allylic oxidation sites excluding steroid dienone is 2. The largest absolute Gasteiger partial charge is 0.378 e. The fraction of sp³-hybridized carbons (Fsp3) is 0.261. The van der Waals surface area contributed by atoms with E-state index in [0.717, 1.165) is 48.3 Å². The molecule has 0 spiro atoms. The number of amides is 1. The van der Waals surface area contributed by atoms with Crippen molar-refractivity contribution >= 4 is 23.9 Å². The van der Waals surface area contributed by atoms with Crippen molar-refractivity contribution in [2.75, 3.05) is 26.3 Å². The number of carbonyl (C=O) groups excluding carboxylic acids is 1. The molecule has 164 valence electrons. The highest BCUT2D eigenvalue weighted by Gasteiger charge is 2.25. The van der Waals surface area contributed by atoms with Crippen LogP contribution in [0.5, 0.6) is 0 Å². The Hall–Kier alpha value is -3.85. The molecule has 9 heteroatoms. The van der Waals surface area contributed by atoms with Crippen molar-refractivity contribution in [3.05, 3.63) is 86.9 Å². The quantitative estimate of drug-likeness (QED) is 0.426. The van der Waals surface area contributed by atoms with Gasteiger partial charge in [0.1, 0.15) is 0 Å². The van der Waals surface area contributed by atoms with Gasteiger partial charge in [0, 0.05) is 48.9 Å². The number of hydrazone groups is 1. The van der Waals surface area contributed by atoms with Crippen molar-refractivity contribution in [2.45, 2.75) is 12.8 Å². The van der Waals surface area contributed by atoms with E-state index in [1.807, 2.05) is 0 Å². The average molecular weight is 433 g/mol. The smallest absolute Gasteiger partial charge is 0.271 e. The van der Waals surface area contributed by atoms with Crippen LogP contribution in [-0.4, -0.2) is 53.2 Å². The van der Waals surface area contributed by atoms with E-state index in [9.17, 15) is 14.9 Å². The summed E-state index contributed by atoms with van der Waals surface area (Å²) in [5.74, 6) is -0.295. The number of benzene rings is 1. The molecule has 1 fully saturated rings. The Morgan fingerprint density at radius 1 is 1.12 bits per heavy atom. The molecular formula is C23H23N5O4. The second-order valence-electron chi connectivity index (χ2n) is 7.43. The van der Waals surface area contributed by atoms with E-state index in [2.05, 4.69) is 26.5 Å². The summed E-state index contributed by atoms with van der Waals surface area (Å²) >= 11 is 0. The molecule has 0 radical (unpaired) electrons. The van der Waals surface area contributed by atoms with Crippen molar-refractivity contribution < 1.29 is 14.5 Å². The van der Waals surface area contributed by atoms with Crippen molar-refractivity contribution in [3.63, 3.8) is 0 Å². The predicted molar refractivity (Wildman–Crippen MR) is 120 cm³/mol. The number of carbonyl (C=O) groups is 1. The molecule has 1 amide bonds. The van der Waals surface area contributed by atoms with Gasteiger partial charge in [0.15, 0.2) is 0 Å². The van der Waals surface area contributed by atoms with Gasteiger partial charge in [-0.2, -0.15) is 5.10 Å². The first kappa shape index (κ1) is 21.4. The molecule has 32 heavy (non-hydrogen) atoms. The molecule has 0 unspecified atom stereocenters. The van der Waals surface area contributed by atoms with Crippen LogP contribution >= 0.6 is 0 Å². The van der Waals surface area contributed by atoms with Gasteiger partial charge in [0.2, 0.25) is 0 Å². The van der Waals surface area contributed by atoms with Gasteiger partial charge >= 0.3 is 0 Å². The number of nitrogens with zero attached hydrogens (tertiary/aromatic N) is 4. The minimum atomic E-state index is -0.402. The Bertz CT molecular complexity index is 1070. The molecule has 1 aliphatic heterocycles. The molecule has 4 rings (SSSR count). The zero-order valence-electron chi connectivity index (χ0n) is 17.4. The minimum absolute atomic E-state index is 0.0697. The van der Waals surface area contributed by atoms with Crippen molar-refractivity contribution in [3.8, 4) is 0 Å². The molecule has 1 N–H and O–H groups in total. The van der Waals surface area contributed by atoms with Crippen molar-refractivity contribution in [2.24, 2.45) is 5.10 Å². The van der Waals surface area contributed by atoms with E-state index in [-0.39, 0.29) is 11.6 Å². The molecule has 9 nitrogen and oxygen atoms in total. The number of nitro benzene ring substituents is 1. The van der Waals surface area contributed by atoms with E-state index >= 15 is 0 Å². The van der Waals surface area contributed by atoms with Gasteiger partial charge in [-0.05, 0) is 59.9 Å². The van der Waals surface area contributed by atoms with E-state index in [1.54, 1.807) is 42.9 Å². The van der Waals surface area contributed by atoms with Crippen LogP contribution in [0, 0.1) is 10.1 Å². The third-order valence-electron chi connectivity index (χ3n) is 5.37. The Kier molecular flexibility index (Phi) is 6.66. The summed E-state index contributed by atoms with van der Waals surface area (Å²) < 4.78 is 5.50. The lowest BCUT2D eigenvalue weighted by molar-refractivity contribution is -0.384. The molecule has 1 aromatic carbocycles. The fourth-order valence-electron chi connectivity index (χ4n) is 3.80. The lowest BCUT2D eigenvalue weighted by Gasteiger charge is -2.31. The molecule has 0 atom stereocenters. The van der Waals surface area contributed by atoms with E-state index in [1.165, 1.54) is 12.1 Å². The van der Waals surface area contributed by atoms with Crippen LogP contribution in [0.15, 0.2) is 70.7 Å². The maximum absolute atomic E-state index is 12.2. The topological polar surface area (TPSA) is 110 Å². The fourth-order valence-corrected chi connectivity index (χ4v) is 3.80. The third kappa shape index (κ3) is 5.06. The van der Waals surface area contributed by atoms with Crippen molar-refractivity contribution in [1.82, 2.24) is 15.3 Å². The number of hydrogen-bond donors (Lipinski definition) is 1. The van der Waals surface area contributed by atoms with Crippen LogP contribution in [0.1, 0.15) is 28.8 Å². The highest BCUT2D eigenvalue weighted by atomic mass is 16.6. The Balaban J connectivity index is 1.57. The highest BCUT2D eigenvalue weighted by Crippen LogP contribution is 2.35. The molecule has 0 saturated carbocycles. The third-order valence-corrected chi connectivity index (χ3v) is 5.37. The first-order valence-electron chi connectivity index (χ1n) is 10.4. The van der Waals surface area contributed by atoms with Crippen LogP contribution in [0.25, 0.3) is 6.08 Å². The molecule has 2 aromatic rings. The molecule has 1 aromatic heterocycles. The predicted octanol–water partition coefficient (Wildman–Crippen LogP) is 3.17. The summed E-state index contributed by atoms with van der Waals surface area (Å²) in [5, 5.41) is 15.1. The van der Waals surface area contributed by atoms with Gasteiger partial charge < -0.3 is 9.64 Å². The number of hydrogen-bond acceptors (Lipinski definition) is 7. The normalized spacial score (nSPS) is 17.9. The summed E-state index contributed by atoms with van der Waals surface area (Å²) in [7, 11) is 0. The summed E-state index contributed by atoms with van der Waals surface area (Å²) in [5.41, 5.74) is 7.31. The molecule has 1 saturated heterocycles. The van der Waals surface area contributed by atoms with E-state index in [0.29, 0.717) is 18.8 Å². The van der Waals surface area contributed by atoms with Gasteiger partial charge in [0.25, 0.3) is 11.6 Å². The first-order chi connectivity index (χ1) is 15.6. The Labute approximate surface area is 185 Å². The minimum Gasteiger partial charge on any atom is -0.378 e. The summed E-state index contributed by atoms with van der Waals surface area (Å²) in [6.45, 7) is 2.84. The van der Waals surface area contributed by atoms with Crippen LogP contribution in [-0.2, 0) is 4.74 Å². The summed E-state index contributed by atoms with van der Waals surface area (Å²) in [6, 6.07) is 9.78. The number of pyridine rings is 1. The number of non-ortho nitro benzene ring substituents is 1. The second-order valence-corrected chi connectivity index (χ2v) is 7.43. The maximum Gasteiger partial charge on any atom is 0.271 e. The van der Waals surface area contributed by atoms with Gasteiger partial charge in [0.05, 0.1) is 24.4 Å². The standard InChI is InChI=1S/C23H23N5O4/c29-23(18-7-9-24-10-8-18)26-25-16-20-4-3-19(22(20)27-11-13-32-14-12-27)15-17-1-5-21(6-2-17)28(30)31/h1-2,5-10,15-16H,3-4,11-14H2,(H,26,29)/b19-15+,25-16+. The maximum atomic E-state index is 12.2. The summed E-state index contributed by atoms with van der Waals surface area (Å²) in [4.78, 5) is 28.9. The van der Waals surface area contributed by atoms with Crippen LogP contribution in [0.3, 0.4) is 0 Å². The number of aromatic nitrogens is 1.